The van der Waals surface area contributed by atoms with Crippen molar-refractivity contribution >= 4 is 35.8 Å². The molecule has 0 aliphatic heterocycles. The van der Waals surface area contributed by atoms with Crippen LogP contribution in [0.3, 0.4) is 0 Å². The van der Waals surface area contributed by atoms with Crippen LogP contribution in [-0.4, -0.2) is 201 Å². The van der Waals surface area contributed by atoms with Crippen molar-refractivity contribution < 1.29 is 155 Å². The van der Waals surface area contributed by atoms with E-state index >= 15 is 0 Å². The molecule has 44 heavy (non-hydrogen) atoms. The van der Waals surface area contributed by atoms with E-state index in [-0.39, 0.29) is 34.1 Å². The summed E-state index contributed by atoms with van der Waals surface area (Å²) < 4.78 is 0. The standard InChI is InChI=1S/3C6H10O8.2Fe/c3*7-1(3(9)5(11)12)2(8)4(10)6(13)14;;/h3*1-4,7-10H,(H,11,12)(H,13,14);;/t1-,2+,3+,4-;1-,2+,3-,4-;1-,2-,3-,4+;;/m.00../s1. The van der Waals surface area contributed by atoms with Gasteiger partial charge >= 0.3 is 35.8 Å². The number of carbonyl (C=O) groups is 6. The molecular formula is C18H30Fe2O24. The van der Waals surface area contributed by atoms with Crippen LogP contribution in [0.15, 0.2) is 0 Å². The first-order valence-electron chi connectivity index (χ1n) is 10.4. The summed E-state index contributed by atoms with van der Waals surface area (Å²) in [4.78, 5) is 60.5. The summed E-state index contributed by atoms with van der Waals surface area (Å²) >= 11 is 0. The molecular weight excluding hydrogens is 712 g/mol. The van der Waals surface area contributed by atoms with Crippen LogP contribution in [0.2, 0.25) is 0 Å². The molecule has 0 spiro atoms. The Balaban J connectivity index is -0.000000169. The van der Waals surface area contributed by atoms with Crippen molar-refractivity contribution in [2.75, 3.05) is 0 Å². The predicted octanol–water partition coefficient (Wildman–Crippen LogP) is -10.2. The molecule has 0 amide bonds. The average molecular weight is 742 g/mol. The van der Waals surface area contributed by atoms with E-state index in [4.69, 9.17) is 91.9 Å². The van der Waals surface area contributed by atoms with E-state index in [2.05, 4.69) is 0 Å². The van der Waals surface area contributed by atoms with Gasteiger partial charge in [0.25, 0.3) is 0 Å². The van der Waals surface area contributed by atoms with Gasteiger partial charge in [-0.15, -0.1) is 0 Å². The van der Waals surface area contributed by atoms with Gasteiger partial charge in [0.1, 0.15) is 36.6 Å². The zero-order valence-electron chi connectivity index (χ0n) is 21.1. The van der Waals surface area contributed by atoms with Crippen molar-refractivity contribution in [3.63, 3.8) is 0 Å². The van der Waals surface area contributed by atoms with Crippen molar-refractivity contribution in [3.8, 4) is 0 Å². The zero-order chi connectivity index (χ0) is 34.4. The smallest absolute Gasteiger partial charge is 0.335 e. The van der Waals surface area contributed by atoms with Crippen molar-refractivity contribution in [3.05, 3.63) is 0 Å². The molecule has 18 N–H and O–H groups in total. The average Bonchev–Trinajstić information content (AvgIpc) is 2.92. The number of hydrogen-bond donors (Lipinski definition) is 18. The zero-order valence-corrected chi connectivity index (χ0v) is 23.3. The number of carboxylic acids is 6. The molecule has 12 atom stereocenters. The molecule has 0 saturated heterocycles. The van der Waals surface area contributed by atoms with Crippen molar-refractivity contribution in [2.24, 2.45) is 0 Å². The summed E-state index contributed by atoms with van der Waals surface area (Å²) in [7, 11) is 0. The first kappa shape index (κ1) is 51.0. The molecule has 0 saturated carbocycles. The van der Waals surface area contributed by atoms with Crippen LogP contribution < -0.4 is 0 Å². The molecule has 262 valence electrons. The fourth-order valence-electron chi connectivity index (χ4n) is 2.00. The van der Waals surface area contributed by atoms with E-state index in [1.807, 2.05) is 0 Å². The largest absolute Gasteiger partial charge is 0.479 e. The van der Waals surface area contributed by atoms with Gasteiger partial charge in [-0.1, -0.05) is 0 Å². The quantitative estimate of drug-likeness (QED) is 0.0692. The molecule has 0 bridgehead atoms. The maximum atomic E-state index is 10.1. The molecule has 0 aromatic rings. The summed E-state index contributed by atoms with van der Waals surface area (Å²) in [5.41, 5.74) is 0. The minimum atomic E-state index is -2.36. The number of carboxylic acid groups (broad SMARTS) is 6. The number of rotatable bonds is 15. The van der Waals surface area contributed by atoms with Gasteiger partial charge in [-0.25, -0.2) is 28.8 Å². The van der Waals surface area contributed by atoms with Gasteiger partial charge in [-0.05, 0) is 0 Å². The molecule has 0 aliphatic carbocycles. The van der Waals surface area contributed by atoms with E-state index in [1.54, 1.807) is 0 Å². The molecule has 0 fully saturated rings. The van der Waals surface area contributed by atoms with Crippen LogP contribution in [0.25, 0.3) is 0 Å². The summed E-state index contributed by atoms with van der Waals surface area (Å²) in [6.45, 7) is 0. The van der Waals surface area contributed by atoms with Crippen molar-refractivity contribution in [1.82, 2.24) is 0 Å². The number of aliphatic hydroxyl groups is 12. The molecule has 0 aromatic heterocycles. The molecule has 0 heterocycles. The van der Waals surface area contributed by atoms with Gasteiger partial charge in [-0.2, -0.15) is 0 Å². The Kier molecular flexibility index (Phi) is 27.5. The van der Waals surface area contributed by atoms with Gasteiger partial charge in [0.2, 0.25) is 0 Å². The van der Waals surface area contributed by atoms with Crippen molar-refractivity contribution in [2.45, 2.75) is 73.2 Å². The van der Waals surface area contributed by atoms with E-state index in [1.165, 1.54) is 0 Å². The Hall–Kier alpha value is -2.62. The van der Waals surface area contributed by atoms with Gasteiger partial charge in [0.15, 0.2) is 36.6 Å². The third kappa shape index (κ3) is 17.6. The Morgan fingerprint density at radius 1 is 0.250 bits per heavy atom. The maximum absolute atomic E-state index is 10.1. The van der Waals surface area contributed by atoms with Crippen LogP contribution >= 0.6 is 0 Å². The Morgan fingerprint density at radius 2 is 0.318 bits per heavy atom. The summed E-state index contributed by atoms with van der Waals surface area (Å²) in [6, 6.07) is 0. The fraction of sp³-hybridized carbons (Fsp3) is 0.667. The SMILES string of the molecule is O=C(O)[C@@H](O)[C@@H](O)[C@H](O)[C@@H](O)C(=O)O.O=C(O)[C@@H](O)[C@H](O)[C@H](O)[C@@H](O)C(=O)O.O=C(O)[C@@H](O)[C@H](O)[C@H](O)[C@H](O)C(=O)O.[Fe].[Fe]. The third-order valence-corrected chi connectivity index (χ3v) is 4.51. The molecule has 24 nitrogen and oxygen atoms in total. The Morgan fingerprint density at radius 3 is 0.364 bits per heavy atom. The molecule has 0 unspecified atom stereocenters. The Labute approximate surface area is 263 Å². The van der Waals surface area contributed by atoms with Gasteiger partial charge in [0, 0.05) is 34.1 Å². The molecule has 0 rings (SSSR count). The minimum absolute atomic E-state index is 0. The summed E-state index contributed by atoms with van der Waals surface area (Å²) in [5, 5.41) is 154. The third-order valence-electron chi connectivity index (χ3n) is 4.51. The van der Waals surface area contributed by atoms with Crippen LogP contribution in [0, 0.1) is 0 Å². The minimum Gasteiger partial charge on any atom is -0.479 e. The van der Waals surface area contributed by atoms with Crippen molar-refractivity contribution in [1.29, 1.82) is 0 Å². The van der Waals surface area contributed by atoms with Crippen LogP contribution in [0.4, 0.5) is 0 Å². The van der Waals surface area contributed by atoms with E-state index in [9.17, 15) is 28.8 Å². The van der Waals surface area contributed by atoms with E-state index < -0.39 is 109 Å². The van der Waals surface area contributed by atoms with Gasteiger partial charge < -0.3 is 91.9 Å². The number of aliphatic hydroxyl groups excluding tert-OH is 12. The molecule has 0 aliphatic rings. The molecule has 26 heteroatoms. The normalized spacial score (nSPS) is 18.5. The summed E-state index contributed by atoms with van der Waals surface area (Å²) in [5.74, 6) is -11.0. The van der Waals surface area contributed by atoms with Crippen LogP contribution in [-0.2, 0) is 62.9 Å². The van der Waals surface area contributed by atoms with E-state index in [0.29, 0.717) is 0 Å². The van der Waals surface area contributed by atoms with Crippen LogP contribution in [0.5, 0.6) is 0 Å². The second-order valence-corrected chi connectivity index (χ2v) is 7.64. The molecule has 0 aromatic carbocycles. The molecule has 0 radical (unpaired) electrons. The number of aliphatic carboxylic acids is 6. The first-order valence-corrected chi connectivity index (χ1v) is 10.4. The fourth-order valence-corrected chi connectivity index (χ4v) is 2.00. The second-order valence-electron chi connectivity index (χ2n) is 7.64. The predicted molar refractivity (Wildman–Crippen MR) is 118 cm³/mol. The first-order chi connectivity index (χ1) is 18.9. The van der Waals surface area contributed by atoms with E-state index in [0.717, 1.165) is 0 Å². The monoisotopic (exact) mass is 742 g/mol. The Bertz CT molecular complexity index is 731. The topological polar surface area (TPSA) is 467 Å². The van der Waals surface area contributed by atoms with Gasteiger partial charge in [0.05, 0.1) is 0 Å². The van der Waals surface area contributed by atoms with Crippen LogP contribution in [0.1, 0.15) is 0 Å². The maximum Gasteiger partial charge on any atom is 0.335 e. The summed E-state index contributed by atoms with van der Waals surface area (Å²) in [6.07, 6.45) is -27.8. The van der Waals surface area contributed by atoms with Gasteiger partial charge in [-0.3, -0.25) is 0 Å². The second kappa shape index (κ2) is 23.7. The number of hydrogen-bond acceptors (Lipinski definition) is 18.